The van der Waals surface area contributed by atoms with E-state index in [1.807, 2.05) is 30.3 Å². The van der Waals surface area contributed by atoms with E-state index in [0.29, 0.717) is 19.0 Å². The summed E-state index contributed by atoms with van der Waals surface area (Å²) in [6.45, 7) is 1.08. The molecule has 2 amide bonds. The minimum absolute atomic E-state index is 0.0134. The van der Waals surface area contributed by atoms with Gasteiger partial charge in [-0.3, -0.25) is 9.59 Å². The number of amides is 2. The van der Waals surface area contributed by atoms with Gasteiger partial charge in [-0.25, -0.2) is 0 Å². The number of carbonyl (C=O) groups is 2. The van der Waals surface area contributed by atoms with Crippen LogP contribution >= 0.6 is 11.8 Å². The van der Waals surface area contributed by atoms with Gasteiger partial charge < -0.3 is 19.5 Å². The Morgan fingerprint density at radius 2 is 2.12 bits per heavy atom. The van der Waals surface area contributed by atoms with E-state index in [9.17, 15) is 9.59 Å². The third kappa shape index (κ3) is 5.60. The summed E-state index contributed by atoms with van der Waals surface area (Å²) in [6.07, 6.45) is 3.25. The third-order valence-electron chi connectivity index (χ3n) is 3.95. The van der Waals surface area contributed by atoms with E-state index in [4.69, 9.17) is 9.26 Å². The molecule has 2 aromatic rings. The van der Waals surface area contributed by atoms with Crippen LogP contribution in [0, 0.1) is 0 Å². The molecule has 138 valence electrons. The molecule has 0 spiro atoms. The summed E-state index contributed by atoms with van der Waals surface area (Å²) in [5, 5.41) is 6.27. The Balaban J connectivity index is 1.57. The summed E-state index contributed by atoms with van der Waals surface area (Å²) >= 11 is 1.46. The van der Waals surface area contributed by atoms with Crippen molar-refractivity contribution in [3.63, 3.8) is 0 Å². The summed E-state index contributed by atoms with van der Waals surface area (Å²) in [7, 11) is 0. The number of nitrogens with one attached hydrogen (secondary N) is 1. The van der Waals surface area contributed by atoms with Crippen LogP contribution in [0.4, 0.5) is 5.82 Å². The summed E-state index contributed by atoms with van der Waals surface area (Å²) in [5.41, 5.74) is 0. The van der Waals surface area contributed by atoms with Crippen LogP contribution in [0.2, 0.25) is 0 Å². The molecule has 1 aliphatic heterocycles. The Labute approximate surface area is 156 Å². The average Bonchev–Trinajstić information content (AvgIpc) is 3.34. The standard InChI is InChI=1S/C18H21N3O4S/c22-17(19-16-8-10-25-20-16)12-21(11-14-5-4-9-24-14)18(23)13-26-15-6-2-1-3-7-15/h1-3,6-8,10,14H,4-5,9,11-13H2,(H,19,20,22). The molecule has 1 aromatic carbocycles. The first-order valence-corrected chi connectivity index (χ1v) is 9.47. The van der Waals surface area contributed by atoms with Crippen molar-refractivity contribution in [3.05, 3.63) is 42.7 Å². The highest BCUT2D eigenvalue weighted by molar-refractivity contribution is 8.00. The molecule has 1 N–H and O–H groups in total. The lowest BCUT2D eigenvalue weighted by Gasteiger charge is -2.24. The second-order valence-corrected chi connectivity index (χ2v) is 6.99. The highest BCUT2D eigenvalue weighted by atomic mass is 32.2. The van der Waals surface area contributed by atoms with Crippen LogP contribution < -0.4 is 5.32 Å². The highest BCUT2D eigenvalue weighted by Gasteiger charge is 2.24. The quantitative estimate of drug-likeness (QED) is 0.713. The molecule has 3 rings (SSSR count). The van der Waals surface area contributed by atoms with Gasteiger partial charge in [-0.1, -0.05) is 23.4 Å². The Bertz CT molecular complexity index is 702. The molecule has 0 bridgehead atoms. The fourth-order valence-electron chi connectivity index (χ4n) is 2.67. The van der Waals surface area contributed by atoms with Gasteiger partial charge in [0.15, 0.2) is 5.82 Å². The molecule has 1 aliphatic rings. The van der Waals surface area contributed by atoms with Crippen molar-refractivity contribution < 1.29 is 18.8 Å². The topological polar surface area (TPSA) is 84.7 Å². The Morgan fingerprint density at radius 3 is 2.81 bits per heavy atom. The number of hydrogen-bond donors (Lipinski definition) is 1. The Hall–Kier alpha value is -2.32. The fourth-order valence-corrected chi connectivity index (χ4v) is 3.50. The van der Waals surface area contributed by atoms with Gasteiger partial charge in [-0.2, -0.15) is 0 Å². The second kappa shape index (κ2) is 9.40. The zero-order chi connectivity index (χ0) is 18.2. The maximum Gasteiger partial charge on any atom is 0.245 e. The van der Waals surface area contributed by atoms with E-state index in [-0.39, 0.29) is 30.2 Å². The molecule has 26 heavy (non-hydrogen) atoms. The van der Waals surface area contributed by atoms with Gasteiger partial charge in [-0.15, -0.1) is 11.8 Å². The predicted molar refractivity (Wildman–Crippen MR) is 97.9 cm³/mol. The molecule has 1 fully saturated rings. The van der Waals surface area contributed by atoms with Crippen molar-refractivity contribution >= 4 is 29.4 Å². The van der Waals surface area contributed by atoms with Gasteiger partial charge in [-0.05, 0) is 25.0 Å². The maximum atomic E-state index is 12.7. The third-order valence-corrected chi connectivity index (χ3v) is 4.94. The van der Waals surface area contributed by atoms with Crippen LogP contribution in [-0.2, 0) is 14.3 Å². The molecule has 0 aliphatic carbocycles. The van der Waals surface area contributed by atoms with Gasteiger partial charge in [0.2, 0.25) is 11.8 Å². The van der Waals surface area contributed by atoms with Crippen LogP contribution in [0.5, 0.6) is 0 Å². The lowest BCUT2D eigenvalue weighted by Crippen LogP contribution is -2.43. The number of rotatable bonds is 8. The van der Waals surface area contributed by atoms with Crippen LogP contribution in [0.1, 0.15) is 12.8 Å². The van der Waals surface area contributed by atoms with Gasteiger partial charge in [0, 0.05) is 24.1 Å². The van der Waals surface area contributed by atoms with Crippen molar-refractivity contribution in [1.82, 2.24) is 10.1 Å². The molecule has 0 radical (unpaired) electrons. The van der Waals surface area contributed by atoms with Crippen LogP contribution in [0.3, 0.4) is 0 Å². The summed E-state index contributed by atoms with van der Waals surface area (Å²) in [4.78, 5) is 27.5. The summed E-state index contributed by atoms with van der Waals surface area (Å²) < 4.78 is 10.3. The number of carbonyl (C=O) groups excluding carboxylic acids is 2. The molecule has 1 saturated heterocycles. The van der Waals surface area contributed by atoms with E-state index in [0.717, 1.165) is 17.7 Å². The van der Waals surface area contributed by atoms with Gasteiger partial charge in [0.1, 0.15) is 12.8 Å². The smallest absolute Gasteiger partial charge is 0.245 e. The zero-order valence-electron chi connectivity index (χ0n) is 14.3. The number of anilines is 1. The molecule has 7 nitrogen and oxygen atoms in total. The Morgan fingerprint density at radius 1 is 1.27 bits per heavy atom. The second-order valence-electron chi connectivity index (χ2n) is 5.94. The van der Waals surface area contributed by atoms with E-state index in [2.05, 4.69) is 10.5 Å². The Kier molecular flexibility index (Phi) is 6.68. The minimum atomic E-state index is -0.310. The molecular formula is C18H21N3O4S. The fraction of sp³-hybridized carbons (Fsp3) is 0.389. The van der Waals surface area contributed by atoms with E-state index in [1.54, 1.807) is 11.0 Å². The zero-order valence-corrected chi connectivity index (χ0v) is 15.1. The van der Waals surface area contributed by atoms with E-state index < -0.39 is 0 Å². The van der Waals surface area contributed by atoms with Crippen LogP contribution in [0.15, 0.2) is 52.1 Å². The SMILES string of the molecule is O=C(CN(CC1CCCO1)C(=O)CSc1ccccc1)Nc1ccon1. The molecule has 8 heteroatoms. The summed E-state index contributed by atoms with van der Waals surface area (Å²) in [5.74, 6) is 0.200. The number of nitrogens with zero attached hydrogens (tertiary/aromatic N) is 2. The first-order chi connectivity index (χ1) is 12.7. The first-order valence-electron chi connectivity index (χ1n) is 8.48. The average molecular weight is 375 g/mol. The number of benzene rings is 1. The normalized spacial score (nSPS) is 16.4. The van der Waals surface area contributed by atoms with E-state index in [1.165, 1.54) is 18.0 Å². The van der Waals surface area contributed by atoms with Crippen molar-refractivity contribution in [2.24, 2.45) is 0 Å². The first kappa shape index (κ1) is 18.5. The monoisotopic (exact) mass is 375 g/mol. The predicted octanol–water partition coefficient (Wildman–Crippen LogP) is 2.41. The molecule has 2 heterocycles. The molecule has 0 saturated carbocycles. The molecule has 1 aromatic heterocycles. The molecule has 1 unspecified atom stereocenters. The molecular weight excluding hydrogens is 354 g/mol. The minimum Gasteiger partial charge on any atom is -0.376 e. The summed E-state index contributed by atoms with van der Waals surface area (Å²) in [6, 6.07) is 11.3. The van der Waals surface area contributed by atoms with E-state index >= 15 is 0 Å². The number of hydrogen-bond acceptors (Lipinski definition) is 6. The number of ether oxygens (including phenoxy) is 1. The van der Waals surface area contributed by atoms with Crippen molar-refractivity contribution in [2.75, 3.05) is 30.8 Å². The largest absolute Gasteiger partial charge is 0.376 e. The van der Waals surface area contributed by atoms with Gasteiger partial charge in [0.25, 0.3) is 0 Å². The van der Waals surface area contributed by atoms with Crippen molar-refractivity contribution in [2.45, 2.75) is 23.8 Å². The van der Waals surface area contributed by atoms with Crippen LogP contribution in [0.25, 0.3) is 0 Å². The lowest BCUT2D eigenvalue weighted by molar-refractivity contribution is -0.133. The van der Waals surface area contributed by atoms with Crippen molar-refractivity contribution in [3.8, 4) is 0 Å². The lowest BCUT2D eigenvalue weighted by atomic mass is 10.2. The molecule has 1 atom stereocenters. The van der Waals surface area contributed by atoms with Crippen molar-refractivity contribution in [1.29, 1.82) is 0 Å². The van der Waals surface area contributed by atoms with Gasteiger partial charge >= 0.3 is 0 Å². The van der Waals surface area contributed by atoms with Gasteiger partial charge in [0.05, 0.1) is 11.9 Å². The maximum absolute atomic E-state index is 12.7. The number of aromatic nitrogens is 1. The number of thioether (sulfide) groups is 1. The van der Waals surface area contributed by atoms with Crippen LogP contribution in [-0.4, -0.2) is 53.4 Å². The highest BCUT2D eigenvalue weighted by Crippen LogP contribution is 2.19.